The molecule has 0 radical (unpaired) electrons. The molecule has 0 spiro atoms. The Morgan fingerprint density at radius 1 is 1.47 bits per heavy atom. The maximum atomic E-state index is 13.4. The molecule has 1 aliphatic heterocycles. The van der Waals surface area contributed by atoms with E-state index in [-0.39, 0.29) is 11.7 Å². The van der Waals surface area contributed by atoms with Crippen LogP contribution in [-0.2, 0) is 0 Å². The summed E-state index contributed by atoms with van der Waals surface area (Å²) in [7, 11) is 0. The number of urea groups is 1. The summed E-state index contributed by atoms with van der Waals surface area (Å²) in [6.07, 6.45) is 1.13. The number of benzene rings is 1. The number of rotatable bonds is 3. The van der Waals surface area contributed by atoms with Gasteiger partial charge >= 0.3 is 6.03 Å². The summed E-state index contributed by atoms with van der Waals surface area (Å²) in [6.45, 7) is 4.76. The maximum absolute atomic E-state index is 13.4. The number of hydrogen-bond donors (Lipinski definition) is 3. The largest absolute Gasteiger partial charge is 0.338 e. The van der Waals surface area contributed by atoms with Crippen LogP contribution >= 0.6 is 0 Å². The van der Waals surface area contributed by atoms with Crippen molar-refractivity contribution in [2.45, 2.75) is 13.3 Å². The predicted octanol–water partition coefficient (Wildman–Crippen LogP) is 2.19. The highest BCUT2D eigenvalue weighted by Gasteiger charge is 2.21. The van der Waals surface area contributed by atoms with Crippen molar-refractivity contribution in [1.29, 1.82) is 0 Å². The highest BCUT2D eigenvalue weighted by atomic mass is 19.1. The van der Waals surface area contributed by atoms with E-state index in [1.165, 1.54) is 6.07 Å². The molecule has 5 heteroatoms. The number of amides is 2. The minimum atomic E-state index is -0.426. The van der Waals surface area contributed by atoms with E-state index in [0.29, 0.717) is 18.4 Å². The first-order valence-electron chi connectivity index (χ1n) is 6.67. The summed E-state index contributed by atoms with van der Waals surface area (Å²) in [6, 6.07) is 5.78. The van der Waals surface area contributed by atoms with Crippen LogP contribution in [0.4, 0.5) is 14.9 Å². The highest BCUT2D eigenvalue weighted by Crippen LogP contribution is 2.17. The predicted molar refractivity (Wildman–Crippen MR) is 73.6 cm³/mol. The molecule has 1 heterocycles. The topological polar surface area (TPSA) is 53.2 Å². The molecule has 1 saturated heterocycles. The Morgan fingerprint density at radius 2 is 2.26 bits per heavy atom. The maximum Gasteiger partial charge on any atom is 0.319 e. The van der Waals surface area contributed by atoms with E-state index >= 15 is 0 Å². The SMILES string of the molecule is CC1CCNCC1CNC(=O)Nc1ccccc1F. The highest BCUT2D eigenvalue weighted by molar-refractivity contribution is 5.89. The molecule has 19 heavy (non-hydrogen) atoms. The van der Waals surface area contributed by atoms with Crippen molar-refractivity contribution in [2.75, 3.05) is 25.0 Å². The van der Waals surface area contributed by atoms with E-state index in [0.717, 1.165) is 19.5 Å². The van der Waals surface area contributed by atoms with Crippen molar-refractivity contribution in [1.82, 2.24) is 10.6 Å². The quantitative estimate of drug-likeness (QED) is 0.784. The van der Waals surface area contributed by atoms with Gasteiger partial charge in [0.15, 0.2) is 0 Å². The second-order valence-electron chi connectivity index (χ2n) is 5.05. The number of halogens is 1. The van der Waals surface area contributed by atoms with Crippen molar-refractivity contribution in [3.63, 3.8) is 0 Å². The zero-order valence-corrected chi connectivity index (χ0v) is 11.1. The Labute approximate surface area is 112 Å². The Bertz CT molecular complexity index is 438. The Kier molecular flexibility index (Phi) is 4.74. The van der Waals surface area contributed by atoms with Crippen LogP contribution in [0.3, 0.4) is 0 Å². The van der Waals surface area contributed by atoms with Gasteiger partial charge in [-0.15, -0.1) is 0 Å². The Balaban J connectivity index is 1.80. The van der Waals surface area contributed by atoms with Gasteiger partial charge in [0.2, 0.25) is 0 Å². The van der Waals surface area contributed by atoms with Gasteiger partial charge in [-0.05, 0) is 43.5 Å². The lowest BCUT2D eigenvalue weighted by atomic mass is 9.88. The Morgan fingerprint density at radius 3 is 3.00 bits per heavy atom. The van der Waals surface area contributed by atoms with Crippen molar-refractivity contribution < 1.29 is 9.18 Å². The average molecular weight is 265 g/mol. The first-order chi connectivity index (χ1) is 9.16. The summed E-state index contributed by atoms with van der Waals surface area (Å²) in [5.74, 6) is 0.598. The average Bonchev–Trinajstić information content (AvgIpc) is 2.40. The first kappa shape index (κ1) is 13.8. The van der Waals surface area contributed by atoms with Crippen LogP contribution in [0.2, 0.25) is 0 Å². The lowest BCUT2D eigenvalue weighted by molar-refractivity contribution is 0.238. The molecule has 0 bridgehead atoms. The molecular formula is C14H20FN3O. The lowest BCUT2D eigenvalue weighted by Crippen LogP contribution is -2.43. The van der Waals surface area contributed by atoms with Crippen molar-refractivity contribution >= 4 is 11.7 Å². The molecule has 2 amide bonds. The fourth-order valence-corrected chi connectivity index (χ4v) is 2.28. The monoisotopic (exact) mass is 265 g/mol. The number of nitrogens with one attached hydrogen (secondary N) is 3. The van der Waals surface area contributed by atoms with Crippen LogP contribution in [-0.4, -0.2) is 25.7 Å². The van der Waals surface area contributed by atoms with Gasteiger partial charge in [0, 0.05) is 6.54 Å². The summed E-state index contributed by atoms with van der Waals surface area (Å²) in [4.78, 5) is 11.7. The molecule has 1 aromatic carbocycles. The van der Waals surface area contributed by atoms with Crippen LogP contribution in [0.5, 0.6) is 0 Å². The van der Waals surface area contributed by atoms with Crippen molar-refractivity contribution in [3.05, 3.63) is 30.1 Å². The molecule has 1 aromatic rings. The smallest absolute Gasteiger partial charge is 0.319 e. The summed E-state index contributed by atoms with van der Waals surface area (Å²) >= 11 is 0. The number of anilines is 1. The van der Waals surface area contributed by atoms with Gasteiger partial charge in [0.05, 0.1) is 5.69 Å². The second-order valence-corrected chi connectivity index (χ2v) is 5.05. The number of hydrogen-bond acceptors (Lipinski definition) is 2. The number of piperidine rings is 1. The van der Waals surface area contributed by atoms with E-state index in [2.05, 4.69) is 22.9 Å². The summed E-state index contributed by atoms with van der Waals surface area (Å²) < 4.78 is 13.4. The molecule has 0 saturated carbocycles. The minimum Gasteiger partial charge on any atom is -0.338 e. The fourth-order valence-electron chi connectivity index (χ4n) is 2.28. The third kappa shape index (κ3) is 3.92. The van der Waals surface area contributed by atoms with Gasteiger partial charge in [0.25, 0.3) is 0 Å². The first-order valence-corrected chi connectivity index (χ1v) is 6.67. The molecule has 3 N–H and O–H groups in total. The number of carbonyl (C=O) groups is 1. The lowest BCUT2D eigenvalue weighted by Gasteiger charge is -2.29. The summed E-state index contributed by atoms with van der Waals surface area (Å²) in [5.41, 5.74) is 0.204. The number of carbonyl (C=O) groups excluding carboxylic acids is 1. The molecule has 4 nitrogen and oxygen atoms in total. The van der Waals surface area contributed by atoms with E-state index < -0.39 is 5.82 Å². The van der Waals surface area contributed by atoms with E-state index in [4.69, 9.17) is 0 Å². The molecule has 2 rings (SSSR count). The molecule has 1 aliphatic rings. The molecular weight excluding hydrogens is 245 g/mol. The van der Waals surface area contributed by atoms with Crippen LogP contribution in [0.25, 0.3) is 0 Å². The molecule has 0 aromatic heterocycles. The molecule has 2 unspecified atom stereocenters. The molecule has 104 valence electrons. The zero-order valence-electron chi connectivity index (χ0n) is 11.1. The van der Waals surface area contributed by atoms with Gasteiger partial charge < -0.3 is 16.0 Å². The normalized spacial score (nSPS) is 22.8. The zero-order chi connectivity index (χ0) is 13.7. The summed E-state index contributed by atoms with van der Waals surface area (Å²) in [5, 5.41) is 8.64. The van der Waals surface area contributed by atoms with E-state index in [1.54, 1.807) is 18.2 Å². The van der Waals surface area contributed by atoms with Crippen molar-refractivity contribution in [2.24, 2.45) is 11.8 Å². The molecule has 2 atom stereocenters. The van der Waals surface area contributed by atoms with Crippen LogP contribution in [0, 0.1) is 17.7 Å². The van der Waals surface area contributed by atoms with Crippen molar-refractivity contribution in [3.8, 4) is 0 Å². The van der Waals surface area contributed by atoms with E-state index in [1.807, 2.05) is 0 Å². The van der Waals surface area contributed by atoms with Crippen LogP contribution < -0.4 is 16.0 Å². The van der Waals surface area contributed by atoms with Gasteiger partial charge in [-0.2, -0.15) is 0 Å². The molecule has 1 fully saturated rings. The molecule has 0 aliphatic carbocycles. The van der Waals surface area contributed by atoms with Crippen LogP contribution in [0.1, 0.15) is 13.3 Å². The minimum absolute atomic E-state index is 0.204. The van der Waals surface area contributed by atoms with Gasteiger partial charge in [-0.3, -0.25) is 0 Å². The number of para-hydroxylation sites is 1. The second kappa shape index (κ2) is 6.52. The van der Waals surface area contributed by atoms with Crippen LogP contribution in [0.15, 0.2) is 24.3 Å². The van der Waals surface area contributed by atoms with Gasteiger partial charge in [-0.25, -0.2) is 9.18 Å². The third-order valence-electron chi connectivity index (χ3n) is 3.63. The fraction of sp³-hybridized carbons (Fsp3) is 0.500. The van der Waals surface area contributed by atoms with E-state index in [9.17, 15) is 9.18 Å². The van der Waals surface area contributed by atoms with Gasteiger partial charge in [0.1, 0.15) is 5.82 Å². The Hall–Kier alpha value is -1.62. The van der Waals surface area contributed by atoms with Gasteiger partial charge in [-0.1, -0.05) is 19.1 Å². The third-order valence-corrected chi connectivity index (χ3v) is 3.63. The standard InChI is InChI=1S/C14H20FN3O/c1-10-6-7-16-8-11(10)9-17-14(19)18-13-5-3-2-4-12(13)15/h2-5,10-11,16H,6-9H2,1H3,(H2,17,18,19).